The fraction of sp³-hybridized carbons (Fsp3) is 0.292. The Morgan fingerprint density at radius 1 is 1.06 bits per heavy atom. The van der Waals surface area contributed by atoms with E-state index in [1.807, 2.05) is 36.4 Å². The van der Waals surface area contributed by atoms with Crippen LogP contribution in [0.1, 0.15) is 27.7 Å². The standard InChI is InChI=1S/C24H24N2O5/c1-16-20(14-18-8-9-19(29-2)15-21(18)25-16)24(28)31-22(17-6-4-3-5-7-17)23(27)26-10-12-30-13-11-26/h3-9,14-15,22H,10-13H2,1-2H3/t22-/m1/s1. The van der Waals surface area contributed by atoms with Crippen molar-refractivity contribution in [3.8, 4) is 5.75 Å². The van der Waals surface area contributed by atoms with E-state index < -0.39 is 12.1 Å². The first-order valence-corrected chi connectivity index (χ1v) is 10.1. The SMILES string of the molecule is COc1ccc2cc(C(=O)O[C@@H](C(=O)N3CCOCC3)c3ccccc3)c(C)nc2c1. The number of methoxy groups -OCH3 is 1. The highest BCUT2D eigenvalue weighted by molar-refractivity contribution is 5.97. The Bertz CT molecular complexity index is 1090. The van der Waals surface area contributed by atoms with Crippen LogP contribution in [0.25, 0.3) is 10.9 Å². The Hall–Kier alpha value is -3.45. The van der Waals surface area contributed by atoms with E-state index in [1.54, 1.807) is 37.1 Å². The molecule has 2 aromatic carbocycles. The minimum absolute atomic E-state index is 0.251. The first-order valence-electron chi connectivity index (χ1n) is 10.1. The summed E-state index contributed by atoms with van der Waals surface area (Å²) in [7, 11) is 1.59. The Kier molecular flexibility index (Phi) is 6.13. The van der Waals surface area contributed by atoms with E-state index in [1.165, 1.54) is 0 Å². The van der Waals surface area contributed by atoms with E-state index in [-0.39, 0.29) is 5.91 Å². The van der Waals surface area contributed by atoms with E-state index in [0.717, 1.165) is 10.9 Å². The predicted molar refractivity (Wildman–Crippen MR) is 115 cm³/mol. The average molecular weight is 420 g/mol. The third-order valence-corrected chi connectivity index (χ3v) is 5.31. The minimum atomic E-state index is -1.03. The van der Waals surface area contributed by atoms with Crippen LogP contribution in [0.3, 0.4) is 0 Å². The van der Waals surface area contributed by atoms with E-state index in [9.17, 15) is 9.59 Å². The van der Waals surface area contributed by atoms with Gasteiger partial charge >= 0.3 is 5.97 Å². The number of fused-ring (bicyclic) bond motifs is 1. The Balaban J connectivity index is 1.64. The number of hydrogen-bond acceptors (Lipinski definition) is 6. The molecular weight excluding hydrogens is 396 g/mol. The lowest BCUT2D eigenvalue weighted by Crippen LogP contribution is -2.44. The number of nitrogens with zero attached hydrogens (tertiary/aromatic N) is 2. The van der Waals surface area contributed by atoms with Gasteiger partial charge in [-0.1, -0.05) is 30.3 Å². The molecule has 7 nitrogen and oxygen atoms in total. The van der Waals surface area contributed by atoms with Gasteiger partial charge < -0.3 is 19.1 Å². The van der Waals surface area contributed by atoms with Gasteiger partial charge in [0.2, 0.25) is 6.10 Å². The van der Waals surface area contributed by atoms with Crippen LogP contribution >= 0.6 is 0 Å². The molecule has 1 saturated heterocycles. The van der Waals surface area contributed by atoms with Crippen molar-refractivity contribution in [3.63, 3.8) is 0 Å². The van der Waals surface area contributed by atoms with Gasteiger partial charge in [-0.2, -0.15) is 0 Å². The third-order valence-electron chi connectivity index (χ3n) is 5.31. The molecule has 31 heavy (non-hydrogen) atoms. The van der Waals surface area contributed by atoms with Crippen molar-refractivity contribution in [2.75, 3.05) is 33.4 Å². The lowest BCUT2D eigenvalue weighted by Gasteiger charge is -2.30. The van der Waals surface area contributed by atoms with Gasteiger partial charge in [-0.15, -0.1) is 0 Å². The molecular formula is C24H24N2O5. The summed E-state index contributed by atoms with van der Waals surface area (Å²) < 4.78 is 16.4. The minimum Gasteiger partial charge on any atom is -0.497 e. The van der Waals surface area contributed by atoms with Gasteiger partial charge in [0.15, 0.2) is 0 Å². The average Bonchev–Trinajstić information content (AvgIpc) is 2.82. The summed E-state index contributed by atoms with van der Waals surface area (Å²) in [6.45, 7) is 3.63. The van der Waals surface area contributed by atoms with Gasteiger partial charge in [-0.05, 0) is 25.1 Å². The number of benzene rings is 2. The maximum absolute atomic E-state index is 13.2. The number of rotatable bonds is 5. The van der Waals surface area contributed by atoms with Gasteiger partial charge in [0, 0.05) is 30.1 Å². The van der Waals surface area contributed by atoms with Gasteiger partial charge in [0.05, 0.1) is 37.1 Å². The van der Waals surface area contributed by atoms with Crippen molar-refractivity contribution in [1.29, 1.82) is 0 Å². The summed E-state index contributed by atoms with van der Waals surface area (Å²) in [6, 6.07) is 16.3. The molecule has 1 aliphatic heterocycles. The molecule has 0 radical (unpaired) electrons. The van der Waals surface area contributed by atoms with E-state index in [0.29, 0.717) is 48.9 Å². The molecule has 2 heterocycles. The second kappa shape index (κ2) is 9.14. The van der Waals surface area contributed by atoms with Crippen molar-refractivity contribution in [2.24, 2.45) is 0 Å². The highest BCUT2D eigenvalue weighted by Gasteiger charge is 2.31. The second-order valence-electron chi connectivity index (χ2n) is 7.31. The molecule has 1 amide bonds. The highest BCUT2D eigenvalue weighted by atomic mass is 16.5. The lowest BCUT2D eigenvalue weighted by atomic mass is 10.1. The second-order valence-corrected chi connectivity index (χ2v) is 7.31. The molecule has 7 heteroatoms. The van der Waals surface area contributed by atoms with Crippen LogP contribution < -0.4 is 4.74 Å². The van der Waals surface area contributed by atoms with Crippen LogP contribution in [0.15, 0.2) is 54.6 Å². The molecule has 4 rings (SSSR count). The molecule has 0 bridgehead atoms. The zero-order chi connectivity index (χ0) is 21.8. The number of hydrogen-bond donors (Lipinski definition) is 0. The Morgan fingerprint density at radius 3 is 2.52 bits per heavy atom. The van der Waals surface area contributed by atoms with Crippen molar-refractivity contribution < 1.29 is 23.8 Å². The van der Waals surface area contributed by atoms with Crippen molar-refractivity contribution in [3.05, 3.63) is 71.4 Å². The Morgan fingerprint density at radius 2 is 1.81 bits per heavy atom. The highest BCUT2D eigenvalue weighted by Crippen LogP contribution is 2.26. The van der Waals surface area contributed by atoms with Crippen LogP contribution in [0, 0.1) is 6.92 Å². The van der Waals surface area contributed by atoms with Crippen molar-refractivity contribution in [1.82, 2.24) is 9.88 Å². The number of morpholine rings is 1. The smallest absolute Gasteiger partial charge is 0.341 e. The van der Waals surface area contributed by atoms with Crippen LogP contribution in [-0.2, 0) is 14.3 Å². The summed E-state index contributed by atoms with van der Waals surface area (Å²) in [5, 5.41) is 0.786. The van der Waals surface area contributed by atoms with Crippen LogP contribution in [0.5, 0.6) is 5.75 Å². The molecule has 1 aromatic heterocycles. The lowest BCUT2D eigenvalue weighted by molar-refractivity contribution is -0.145. The molecule has 0 N–H and O–H groups in total. The summed E-state index contributed by atoms with van der Waals surface area (Å²) in [4.78, 5) is 32.5. The van der Waals surface area contributed by atoms with Crippen LogP contribution in [-0.4, -0.2) is 55.2 Å². The van der Waals surface area contributed by atoms with Gasteiger partial charge in [-0.25, -0.2) is 4.79 Å². The number of pyridine rings is 1. The largest absolute Gasteiger partial charge is 0.497 e. The van der Waals surface area contributed by atoms with Gasteiger partial charge in [0.1, 0.15) is 5.75 Å². The first-order chi connectivity index (χ1) is 15.1. The molecule has 1 aliphatic rings. The molecule has 160 valence electrons. The third kappa shape index (κ3) is 4.51. The topological polar surface area (TPSA) is 78.0 Å². The van der Waals surface area contributed by atoms with E-state index in [2.05, 4.69) is 4.98 Å². The Labute approximate surface area is 180 Å². The number of carbonyl (C=O) groups excluding carboxylic acids is 2. The van der Waals surface area contributed by atoms with Crippen LogP contribution in [0.2, 0.25) is 0 Å². The first kappa shape index (κ1) is 20.8. The van der Waals surface area contributed by atoms with E-state index >= 15 is 0 Å². The number of aryl methyl sites for hydroxylation is 1. The molecule has 1 fully saturated rings. The summed E-state index contributed by atoms with van der Waals surface area (Å²) in [6.07, 6.45) is -1.03. The maximum Gasteiger partial charge on any atom is 0.341 e. The summed E-state index contributed by atoms with van der Waals surface area (Å²) in [5.74, 6) is -0.146. The number of esters is 1. The van der Waals surface area contributed by atoms with Gasteiger partial charge in [-0.3, -0.25) is 9.78 Å². The van der Waals surface area contributed by atoms with Crippen molar-refractivity contribution >= 4 is 22.8 Å². The molecule has 0 unspecified atom stereocenters. The van der Waals surface area contributed by atoms with Crippen LogP contribution in [0.4, 0.5) is 0 Å². The fourth-order valence-electron chi connectivity index (χ4n) is 3.59. The fourth-order valence-corrected chi connectivity index (χ4v) is 3.59. The molecule has 1 atom stereocenters. The summed E-state index contributed by atoms with van der Waals surface area (Å²) >= 11 is 0. The number of ether oxygens (including phenoxy) is 3. The normalized spacial score (nSPS) is 14.8. The maximum atomic E-state index is 13.2. The van der Waals surface area contributed by atoms with Gasteiger partial charge in [0.25, 0.3) is 5.91 Å². The quantitative estimate of drug-likeness (QED) is 0.590. The summed E-state index contributed by atoms with van der Waals surface area (Å²) in [5.41, 5.74) is 2.20. The number of aromatic nitrogens is 1. The van der Waals surface area contributed by atoms with Crippen molar-refractivity contribution in [2.45, 2.75) is 13.0 Å². The van der Waals surface area contributed by atoms with E-state index in [4.69, 9.17) is 14.2 Å². The molecule has 0 spiro atoms. The zero-order valence-electron chi connectivity index (χ0n) is 17.5. The molecule has 0 saturated carbocycles. The predicted octanol–water partition coefficient (Wildman–Crippen LogP) is 3.31. The molecule has 0 aliphatic carbocycles. The monoisotopic (exact) mass is 420 g/mol. The molecule has 3 aromatic rings. The zero-order valence-corrected chi connectivity index (χ0v) is 17.5. The number of amides is 1. The number of carbonyl (C=O) groups is 2.